The van der Waals surface area contributed by atoms with Gasteiger partial charge < -0.3 is 10.4 Å². The van der Waals surface area contributed by atoms with Crippen molar-refractivity contribution in [1.82, 2.24) is 10.6 Å². The van der Waals surface area contributed by atoms with Gasteiger partial charge in [-0.15, -0.1) is 0 Å². The van der Waals surface area contributed by atoms with Gasteiger partial charge in [0.1, 0.15) is 5.54 Å². The Bertz CT molecular complexity index is 332. The highest BCUT2D eigenvalue weighted by Gasteiger charge is 2.44. The summed E-state index contributed by atoms with van der Waals surface area (Å²) in [5.74, 6) is -0.902. The third-order valence-electron chi connectivity index (χ3n) is 4.42. The number of aliphatic carboxylic acids is 1. The van der Waals surface area contributed by atoms with Crippen LogP contribution < -0.4 is 10.6 Å². The Kier molecular flexibility index (Phi) is 4.80. The summed E-state index contributed by atoms with van der Waals surface area (Å²) in [7, 11) is 0. The third kappa shape index (κ3) is 3.69. The molecule has 19 heavy (non-hydrogen) atoms. The van der Waals surface area contributed by atoms with E-state index in [1.54, 1.807) is 0 Å². The molecule has 0 bridgehead atoms. The molecule has 0 aromatic heterocycles. The van der Waals surface area contributed by atoms with Gasteiger partial charge in [-0.05, 0) is 32.1 Å². The van der Waals surface area contributed by atoms with E-state index in [2.05, 4.69) is 10.6 Å². The first-order valence-electron chi connectivity index (χ1n) is 7.40. The predicted octanol–water partition coefficient (Wildman–Crippen LogP) is 1.42. The molecule has 0 aliphatic heterocycles. The van der Waals surface area contributed by atoms with Crippen molar-refractivity contribution in [3.63, 3.8) is 0 Å². The molecule has 1 amide bonds. The van der Waals surface area contributed by atoms with E-state index in [1.165, 1.54) is 25.7 Å². The lowest BCUT2D eigenvalue weighted by Gasteiger charge is -2.38. The van der Waals surface area contributed by atoms with Crippen LogP contribution in [0.15, 0.2) is 0 Å². The van der Waals surface area contributed by atoms with Crippen molar-refractivity contribution in [2.75, 3.05) is 6.54 Å². The molecule has 2 rings (SSSR count). The Labute approximate surface area is 114 Å². The van der Waals surface area contributed by atoms with Gasteiger partial charge in [-0.1, -0.05) is 25.7 Å². The summed E-state index contributed by atoms with van der Waals surface area (Å²) < 4.78 is 0. The number of nitrogens with one attached hydrogen (secondary N) is 2. The van der Waals surface area contributed by atoms with Gasteiger partial charge in [0, 0.05) is 6.04 Å². The largest absolute Gasteiger partial charge is 0.480 e. The molecule has 0 aromatic carbocycles. The molecule has 2 saturated carbocycles. The van der Waals surface area contributed by atoms with Crippen LogP contribution in [0.4, 0.5) is 0 Å². The summed E-state index contributed by atoms with van der Waals surface area (Å²) >= 11 is 0. The predicted molar refractivity (Wildman–Crippen MR) is 71.9 cm³/mol. The van der Waals surface area contributed by atoms with Crippen LogP contribution in [0.3, 0.4) is 0 Å². The first kappa shape index (κ1) is 14.3. The minimum atomic E-state index is -0.846. The van der Waals surface area contributed by atoms with Gasteiger partial charge in [-0.2, -0.15) is 0 Å². The number of hydrogen-bond acceptors (Lipinski definition) is 3. The van der Waals surface area contributed by atoms with Crippen molar-refractivity contribution in [3.8, 4) is 0 Å². The van der Waals surface area contributed by atoms with E-state index in [4.69, 9.17) is 5.11 Å². The smallest absolute Gasteiger partial charge is 0.323 e. The Morgan fingerprint density at radius 3 is 2.16 bits per heavy atom. The summed E-state index contributed by atoms with van der Waals surface area (Å²) in [5.41, 5.74) is -0.846. The Balaban J connectivity index is 1.73. The molecule has 2 fully saturated rings. The number of hydrogen-bond donors (Lipinski definition) is 3. The number of amides is 1. The van der Waals surface area contributed by atoms with E-state index in [0.29, 0.717) is 12.8 Å². The van der Waals surface area contributed by atoms with Crippen molar-refractivity contribution in [3.05, 3.63) is 0 Å². The minimum Gasteiger partial charge on any atom is -0.480 e. The van der Waals surface area contributed by atoms with Crippen LogP contribution in [0.5, 0.6) is 0 Å². The van der Waals surface area contributed by atoms with Gasteiger partial charge in [0.2, 0.25) is 5.91 Å². The van der Waals surface area contributed by atoms with E-state index in [1.807, 2.05) is 0 Å². The molecule has 0 unspecified atom stereocenters. The fraction of sp³-hybridized carbons (Fsp3) is 0.857. The van der Waals surface area contributed by atoms with Gasteiger partial charge in [0.05, 0.1) is 6.54 Å². The second-order valence-corrected chi connectivity index (χ2v) is 5.85. The van der Waals surface area contributed by atoms with E-state index < -0.39 is 11.5 Å². The lowest BCUT2D eigenvalue weighted by molar-refractivity contribution is -0.149. The van der Waals surface area contributed by atoms with E-state index in [0.717, 1.165) is 19.3 Å². The molecule has 2 aliphatic rings. The monoisotopic (exact) mass is 268 g/mol. The highest BCUT2D eigenvalue weighted by molar-refractivity contribution is 5.83. The zero-order valence-corrected chi connectivity index (χ0v) is 11.4. The lowest BCUT2D eigenvalue weighted by atomic mass is 9.77. The number of carboxylic acids is 1. The van der Waals surface area contributed by atoms with Gasteiger partial charge in [0.15, 0.2) is 0 Å². The lowest BCUT2D eigenvalue weighted by Crippen LogP contribution is -2.59. The average molecular weight is 268 g/mol. The molecular formula is C14H24N2O3. The second kappa shape index (κ2) is 6.37. The van der Waals surface area contributed by atoms with Crippen LogP contribution >= 0.6 is 0 Å². The van der Waals surface area contributed by atoms with Crippen molar-refractivity contribution in [2.24, 2.45) is 0 Å². The van der Waals surface area contributed by atoms with Crippen LogP contribution in [0, 0.1) is 0 Å². The first-order chi connectivity index (χ1) is 9.12. The summed E-state index contributed by atoms with van der Waals surface area (Å²) in [4.78, 5) is 23.0. The van der Waals surface area contributed by atoms with Crippen LogP contribution in [-0.4, -0.2) is 35.1 Å². The molecule has 0 spiro atoms. The van der Waals surface area contributed by atoms with Gasteiger partial charge in [-0.25, -0.2) is 0 Å². The summed E-state index contributed by atoms with van der Waals surface area (Å²) in [6.45, 7) is 0.114. The zero-order chi connectivity index (χ0) is 13.7. The van der Waals surface area contributed by atoms with E-state index in [9.17, 15) is 9.59 Å². The summed E-state index contributed by atoms with van der Waals surface area (Å²) in [6, 6.07) is 0.277. The quantitative estimate of drug-likeness (QED) is 0.659. The van der Waals surface area contributed by atoms with Crippen molar-refractivity contribution in [2.45, 2.75) is 69.4 Å². The average Bonchev–Trinajstić information content (AvgIpc) is 2.55. The summed E-state index contributed by atoms with van der Waals surface area (Å²) in [5, 5.41) is 15.1. The van der Waals surface area contributed by atoms with Crippen molar-refractivity contribution >= 4 is 11.9 Å². The van der Waals surface area contributed by atoms with Gasteiger partial charge in [-0.3, -0.25) is 14.9 Å². The zero-order valence-electron chi connectivity index (χ0n) is 11.4. The maximum absolute atomic E-state index is 11.9. The molecule has 0 aromatic rings. The van der Waals surface area contributed by atoms with Crippen molar-refractivity contribution in [1.29, 1.82) is 0 Å². The second-order valence-electron chi connectivity index (χ2n) is 5.85. The highest BCUT2D eigenvalue weighted by Crippen LogP contribution is 2.31. The molecular weight excluding hydrogens is 244 g/mol. The normalized spacial score (nSPS) is 23.2. The summed E-state index contributed by atoms with van der Waals surface area (Å²) in [6.07, 6.45) is 9.14. The molecule has 0 saturated heterocycles. The molecule has 2 aliphatic carbocycles. The molecule has 108 valence electrons. The highest BCUT2D eigenvalue weighted by atomic mass is 16.4. The first-order valence-corrected chi connectivity index (χ1v) is 7.40. The molecule has 5 nitrogen and oxygen atoms in total. The topological polar surface area (TPSA) is 78.4 Å². The molecule has 0 atom stereocenters. The molecule has 5 heteroatoms. The number of carbonyl (C=O) groups is 2. The van der Waals surface area contributed by atoms with Crippen molar-refractivity contribution < 1.29 is 14.7 Å². The standard InChI is InChI=1S/C14H24N2O3/c17-12(16-11-6-3-1-2-4-7-11)10-15-14(13(18)19)8-5-9-14/h11,15H,1-10H2,(H,16,17)(H,18,19). The van der Waals surface area contributed by atoms with Gasteiger partial charge in [0.25, 0.3) is 0 Å². The number of carboxylic acid groups (broad SMARTS) is 1. The SMILES string of the molecule is O=C(CNC1(C(=O)O)CCC1)NC1CCCCCC1. The minimum absolute atomic E-state index is 0.0700. The third-order valence-corrected chi connectivity index (χ3v) is 4.42. The van der Waals surface area contributed by atoms with E-state index >= 15 is 0 Å². The molecule has 0 heterocycles. The van der Waals surface area contributed by atoms with Crippen LogP contribution in [0.2, 0.25) is 0 Å². The fourth-order valence-electron chi connectivity index (χ4n) is 2.95. The maximum Gasteiger partial charge on any atom is 0.323 e. The maximum atomic E-state index is 11.9. The fourth-order valence-corrected chi connectivity index (χ4v) is 2.95. The number of carbonyl (C=O) groups excluding carboxylic acids is 1. The van der Waals surface area contributed by atoms with Crippen LogP contribution in [0.1, 0.15) is 57.8 Å². The van der Waals surface area contributed by atoms with E-state index in [-0.39, 0.29) is 18.5 Å². The molecule has 3 N–H and O–H groups in total. The molecule has 0 radical (unpaired) electrons. The number of rotatable bonds is 5. The Morgan fingerprint density at radius 1 is 1.05 bits per heavy atom. The van der Waals surface area contributed by atoms with Crippen LogP contribution in [0.25, 0.3) is 0 Å². The Hall–Kier alpha value is -1.10. The Morgan fingerprint density at radius 2 is 1.68 bits per heavy atom. The van der Waals surface area contributed by atoms with Crippen LogP contribution in [-0.2, 0) is 9.59 Å². The van der Waals surface area contributed by atoms with Gasteiger partial charge >= 0.3 is 5.97 Å².